The molecule has 0 saturated carbocycles. The third kappa shape index (κ3) is 4.45. The van der Waals surface area contributed by atoms with Gasteiger partial charge in [0.15, 0.2) is 0 Å². The van der Waals surface area contributed by atoms with Gasteiger partial charge in [-0.3, -0.25) is 14.4 Å². The minimum atomic E-state index is -0.656. The summed E-state index contributed by atoms with van der Waals surface area (Å²) in [5.74, 6) is -0.417. The van der Waals surface area contributed by atoms with E-state index in [0.29, 0.717) is 24.5 Å². The summed E-state index contributed by atoms with van der Waals surface area (Å²) in [6, 6.07) is 18.5. The molecule has 0 aliphatic carbocycles. The minimum Gasteiger partial charge on any atom is -0.351 e. The van der Waals surface area contributed by atoms with Crippen LogP contribution in [0.2, 0.25) is 0 Å². The van der Waals surface area contributed by atoms with Gasteiger partial charge in [0.2, 0.25) is 5.91 Å². The SMILES string of the molecule is CN(C(=O)c1cc2ccccc2[nH]1)[C@H](C(=O)N1C[C@@H]2C[C@H]1CN2C(=O)c1cn(-c2ccccc2)cn1)C(C)(C)C. The van der Waals surface area contributed by atoms with E-state index in [2.05, 4.69) is 9.97 Å². The second-order valence-electron chi connectivity index (χ2n) is 11.9. The normalized spacial score (nSPS) is 19.3. The molecule has 2 aliphatic heterocycles. The Labute approximate surface area is 233 Å². The summed E-state index contributed by atoms with van der Waals surface area (Å²) < 4.78 is 1.84. The van der Waals surface area contributed by atoms with Crippen LogP contribution in [-0.4, -0.2) is 85.2 Å². The Kier molecular flexibility index (Phi) is 6.24. The van der Waals surface area contributed by atoms with Gasteiger partial charge >= 0.3 is 0 Å². The molecule has 4 heterocycles. The van der Waals surface area contributed by atoms with Crippen LogP contribution in [0.15, 0.2) is 73.2 Å². The van der Waals surface area contributed by atoms with Gasteiger partial charge in [0.05, 0.1) is 12.1 Å². The summed E-state index contributed by atoms with van der Waals surface area (Å²) in [7, 11) is 1.70. The zero-order valence-corrected chi connectivity index (χ0v) is 23.2. The van der Waals surface area contributed by atoms with Crippen LogP contribution < -0.4 is 0 Å². The van der Waals surface area contributed by atoms with Gasteiger partial charge in [0.1, 0.15) is 23.8 Å². The number of carbonyl (C=O) groups is 3. The first-order valence-corrected chi connectivity index (χ1v) is 13.7. The number of piperazine rings is 1. The van der Waals surface area contributed by atoms with E-state index in [1.165, 1.54) is 0 Å². The lowest BCUT2D eigenvalue weighted by atomic mass is 9.84. The molecule has 2 bridgehead atoms. The molecule has 0 unspecified atom stereocenters. The number of amides is 3. The zero-order chi connectivity index (χ0) is 28.2. The summed E-state index contributed by atoms with van der Waals surface area (Å²) in [6.07, 6.45) is 4.14. The van der Waals surface area contributed by atoms with Crippen LogP contribution in [-0.2, 0) is 4.79 Å². The van der Waals surface area contributed by atoms with E-state index in [1.807, 2.05) is 95.8 Å². The number of likely N-dealkylation sites (N-methyl/N-ethyl adjacent to an activating group) is 1. The van der Waals surface area contributed by atoms with Gasteiger partial charge in [-0.2, -0.15) is 0 Å². The lowest BCUT2D eigenvalue weighted by Crippen LogP contribution is -2.59. The summed E-state index contributed by atoms with van der Waals surface area (Å²) in [5, 5.41) is 0.952. The third-order valence-electron chi connectivity index (χ3n) is 8.16. The van der Waals surface area contributed by atoms with E-state index < -0.39 is 11.5 Å². The first kappa shape index (κ1) is 25.9. The van der Waals surface area contributed by atoms with Crippen LogP contribution in [0.5, 0.6) is 0 Å². The highest BCUT2D eigenvalue weighted by Gasteiger charge is 2.51. The standard InChI is InChI=1S/C31H34N6O3/c1-31(2,3)27(34(4)28(38)25-14-20-10-8-9-13-24(20)33-25)30(40)37-17-22-15-23(37)16-36(22)29(39)26-18-35(19-32-26)21-11-6-5-7-12-21/h5-14,18-19,22-23,27,33H,15-17H2,1-4H3/t22-,23-,27+/m0/s1. The number of nitrogens with zero attached hydrogens (tertiary/aromatic N) is 5. The number of carbonyl (C=O) groups excluding carboxylic acids is 3. The molecule has 40 heavy (non-hydrogen) atoms. The number of imidazole rings is 1. The van der Waals surface area contributed by atoms with Crippen LogP contribution in [0, 0.1) is 5.41 Å². The van der Waals surface area contributed by atoms with Gasteiger partial charge in [0, 0.05) is 42.9 Å². The van der Waals surface area contributed by atoms with E-state index in [-0.39, 0.29) is 29.8 Å². The Hall–Kier alpha value is -4.40. The van der Waals surface area contributed by atoms with Gasteiger partial charge in [-0.25, -0.2) is 4.98 Å². The Balaban J connectivity index is 1.17. The van der Waals surface area contributed by atoms with Crippen molar-refractivity contribution in [3.05, 3.63) is 84.6 Å². The number of aromatic nitrogens is 3. The Bertz CT molecular complexity index is 1550. The summed E-state index contributed by atoms with van der Waals surface area (Å²) in [4.78, 5) is 53.8. The smallest absolute Gasteiger partial charge is 0.274 e. The van der Waals surface area contributed by atoms with Gasteiger partial charge < -0.3 is 24.3 Å². The predicted octanol–water partition coefficient (Wildman–Crippen LogP) is 3.97. The zero-order valence-electron chi connectivity index (χ0n) is 23.2. The van der Waals surface area contributed by atoms with Crippen molar-refractivity contribution < 1.29 is 14.4 Å². The molecule has 2 aromatic carbocycles. The van der Waals surface area contributed by atoms with Crippen molar-refractivity contribution in [2.24, 2.45) is 5.41 Å². The number of hydrogen-bond donors (Lipinski definition) is 1. The highest BCUT2D eigenvalue weighted by Crippen LogP contribution is 2.35. The second kappa shape index (κ2) is 9.66. The van der Waals surface area contributed by atoms with Crippen LogP contribution in [0.3, 0.4) is 0 Å². The van der Waals surface area contributed by atoms with Crippen molar-refractivity contribution in [2.75, 3.05) is 20.1 Å². The van der Waals surface area contributed by atoms with Crippen molar-refractivity contribution in [3.8, 4) is 5.69 Å². The number of rotatable bonds is 5. The summed E-state index contributed by atoms with van der Waals surface area (Å²) in [6.45, 7) is 6.87. The molecule has 3 atom stereocenters. The fourth-order valence-corrected chi connectivity index (χ4v) is 6.28. The fourth-order valence-electron chi connectivity index (χ4n) is 6.28. The monoisotopic (exact) mass is 538 g/mol. The molecule has 3 amide bonds. The fraction of sp³-hybridized carbons (Fsp3) is 0.355. The van der Waals surface area contributed by atoms with Crippen molar-refractivity contribution in [1.29, 1.82) is 0 Å². The third-order valence-corrected chi connectivity index (χ3v) is 8.16. The molecule has 2 saturated heterocycles. The molecule has 2 aliphatic rings. The first-order chi connectivity index (χ1) is 19.1. The average molecular weight is 539 g/mol. The van der Waals surface area contributed by atoms with E-state index in [0.717, 1.165) is 23.0 Å². The largest absolute Gasteiger partial charge is 0.351 e. The summed E-state index contributed by atoms with van der Waals surface area (Å²) >= 11 is 0. The van der Waals surface area contributed by atoms with Crippen molar-refractivity contribution in [3.63, 3.8) is 0 Å². The predicted molar refractivity (Wildman–Crippen MR) is 152 cm³/mol. The number of fused-ring (bicyclic) bond motifs is 3. The van der Waals surface area contributed by atoms with E-state index in [1.54, 1.807) is 24.5 Å². The molecule has 9 heteroatoms. The van der Waals surface area contributed by atoms with E-state index >= 15 is 0 Å². The Morgan fingerprint density at radius 3 is 2.33 bits per heavy atom. The number of likely N-dealkylation sites (tertiary alicyclic amines) is 2. The number of H-pyrrole nitrogens is 1. The van der Waals surface area contributed by atoms with Crippen LogP contribution in [0.1, 0.15) is 48.2 Å². The number of benzene rings is 2. The van der Waals surface area contributed by atoms with E-state index in [9.17, 15) is 14.4 Å². The maximum atomic E-state index is 14.0. The van der Waals surface area contributed by atoms with Gasteiger partial charge in [-0.05, 0) is 36.1 Å². The maximum Gasteiger partial charge on any atom is 0.274 e. The van der Waals surface area contributed by atoms with Crippen molar-refractivity contribution in [2.45, 2.75) is 45.3 Å². The van der Waals surface area contributed by atoms with Gasteiger partial charge in [-0.1, -0.05) is 57.2 Å². The van der Waals surface area contributed by atoms with Gasteiger partial charge in [0.25, 0.3) is 11.8 Å². The Morgan fingerprint density at radius 2 is 1.65 bits per heavy atom. The topological polar surface area (TPSA) is 94.5 Å². The lowest BCUT2D eigenvalue weighted by Gasteiger charge is -2.42. The van der Waals surface area contributed by atoms with Gasteiger partial charge in [-0.15, -0.1) is 0 Å². The molecule has 0 spiro atoms. The maximum absolute atomic E-state index is 14.0. The second-order valence-corrected chi connectivity index (χ2v) is 11.9. The van der Waals surface area contributed by atoms with Crippen molar-refractivity contribution in [1.82, 2.24) is 29.2 Å². The summed E-state index contributed by atoms with van der Waals surface area (Å²) in [5.41, 5.74) is 2.18. The average Bonchev–Trinajstić information content (AvgIpc) is 3.74. The highest BCUT2D eigenvalue weighted by molar-refractivity contribution is 6.00. The van der Waals surface area contributed by atoms with E-state index in [4.69, 9.17) is 0 Å². The molecule has 1 N–H and O–H groups in total. The Morgan fingerprint density at radius 1 is 0.975 bits per heavy atom. The number of nitrogens with one attached hydrogen (secondary N) is 1. The lowest BCUT2D eigenvalue weighted by molar-refractivity contribution is -0.141. The van der Waals surface area contributed by atoms with Crippen molar-refractivity contribution >= 4 is 28.6 Å². The quantitative estimate of drug-likeness (QED) is 0.416. The van der Waals surface area contributed by atoms with Crippen LogP contribution in [0.25, 0.3) is 16.6 Å². The molecule has 2 aromatic heterocycles. The molecule has 0 radical (unpaired) electrons. The number of aromatic amines is 1. The number of para-hydroxylation sites is 2. The minimum absolute atomic E-state index is 0.0707. The number of hydrogen-bond acceptors (Lipinski definition) is 4. The molecule has 6 rings (SSSR count). The molecule has 4 aromatic rings. The molecule has 206 valence electrons. The molecule has 9 nitrogen and oxygen atoms in total. The van der Waals surface area contributed by atoms with Crippen LogP contribution >= 0.6 is 0 Å². The molecular weight excluding hydrogens is 504 g/mol. The molecule has 2 fully saturated rings. The molecular formula is C31H34N6O3. The first-order valence-electron chi connectivity index (χ1n) is 13.7. The van der Waals surface area contributed by atoms with Crippen LogP contribution in [0.4, 0.5) is 0 Å². The highest BCUT2D eigenvalue weighted by atomic mass is 16.2.